The van der Waals surface area contributed by atoms with Gasteiger partial charge in [0.15, 0.2) is 11.5 Å². The summed E-state index contributed by atoms with van der Waals surface area (Å²) in [6.07, 6.45) is 0.730. The Morgan fingerprint density at radius 2 is 1.81 bits per heavy atom. The molecule has 4 heteroatoms. The molecule has 0 fully saturated rings. The van der Waals surface area contributed by atoms with Gasteiger partial charge in [0.2, 0.25) is 0 Å². The van der Waals surface area contributed by atoms with Crippen molar-refractivity contribution >= 4 is 5.71 Å². The predicted molar refractivity (Wildman–Crippen MR) is 63.4 cm³/mol. The lowest BCUT2D eigenvalue weighted by molar-refractivity contribution is 0.212. The quantitative estimate of drug-likeness (QED) is 0.568. The van der Waals surface area contributed by atoms with E-state index >= 15 is 0 Å². The van der Waals surface area contributed by atoms with Crippen LogP contribution in [-0.4, -0.2) is 27.0 Å². The summed E-state index contributed by atoms with van der Waals surface area (Å²) in [6, 6.07) is 5.80. The molecule has 0 amide bonds. The summed E-state index contributed by atoms with van der Waals surface area (Å²) < 4.78 is 10.4. The van der Waals surface area contributed by atoms with Gasteiger partial charge in [0.25, 0.3) is 0 Å². The molecule has 1 aromatic rings. The van der Waals surface area contributed by atoms with Crippen LogP contribution in [0.15, 0.2) is 23.4 Å². The molecule has 1 aromatic carbocycles. The zero-order chi connectivity index (χ0) is 12.0. The molecule has 0 N–H and O–H groups in total. The molecule has 0 saturated carbocycles. The van der Waals surface area contributed by atoms with E-state index in [4.69, 9.17) is 14.3 Å². The van der Waals surface area contributed by atoms with Gasteiger partial charge in [-0.2, -0.15) is 0 Å². The number of methoxy groups -OCH3 is 2. The van der Waals surface area contributed by atoms with Crippen molar-refractivity contribution in [3.05, 3.63) is 23.8 Å². The summed E-state index contributed by atoms with van der Waals surface area (Å²) >= 11 is 0. The van der Waals surface area contributed by atoms with E-state index in [2.05, 4.69) is 5.16 Å². The van der Waals surface area contributed by atoms with E-state index in [0.29, 0.717) is 0 Å². The van der Waals surface area contributed by atoms with Gasteiger partial charge in [0.05, 0.1) is 19.9 Å². The minimum absolute atomic E-state index is 0.727. The number of ether oxygens (including phenoxy) is 2. The van der Waals surface area contributed by atoms with Crippen molar-refractivity contribution in [3.63, 3.8) is 0 Å². The number of hydrogen-bond acceptors (Lipinski definition) is 4. The molecule has 1 rings (SSSR count). The van der Waals surface area contributed by atoms with Crippen LogP contribution in [0.3, 0.4) is 0 Å². The summed E-state index contributed by atoms with van der Waals surface area (Å²) in [5.41, 5.74) is 2.02. The molecule has 0 spiro atoms. The highest BCUT2D eigenvalue weighted by molar-refractivity contribution is 5.83. The first-order valence-electron chi connectivity index (χ1n) is 4.98. The van der Waals surface area contributed by atoms with Crippen LogP contribution in [0.4, 0.5) is 0 Å². The van der Waals surface area contributed by atoms with Crippen molar-refractivity contribution in [2.75, 3.05) is 21.3 Å². The van der Waals surface area contributed by atoms with E-state index in [1.54, 1.807) is 14.2 Å². The second kappa shape index (κ2) is 6.00. The van der Waals surface area contributed by atoms with Gasteiger partial charge in [-0.15, -0.1) is 0 Å². The molecule has 4 nitrogen and oxygen atoms in total. The highest BCUT2D eigenvalue weighted by Gasteiger charge is 2.05. The maximum atomic E-state index is 5.22. The molecule has 0 saturated heterocycles. The summed E-state index contributed by atoms with van der Waals surface area (Å²) in [4.78, 5) is 4.71. The van der Waals surface area contributed by atoms with Gasteiger partial charge >= 0.3 is 0 Å². The largest absolute Gasteiger partial charge is 0.493 e. The van der Waals surface area contributed by atoms with Gasteiger partial charge in [0.1, 0.15) is 7.11 Å². The van der Waals surface area contributed by atoms with Crippen LogP contribution in [0.5, 0.6) is 11.5 Å². The van der Waals surface area contributed by atoms with Crippen LogP contribution < -0.4 is 9.47 Å². The van der Waals surface area contributed by atoms with Crippen LogP contribution in [0, 0.1) is 0 Å². The van der Waals surface area contributed by atoms with E-state index < -0.39 is 0 Å². The fourth-order valence-corrected chi connectivity index (χ4v) is 1.47. The van der Waals surface area contributed by atoms with Gasteiger partial charge in [-0.1, -0.05) is 11.2 Å². The highest BCUT2D eigenvalue weighted by atomic mass is 16.6. The van der Waals surface area contributed by atoms with Gasteiger partial charge in [-0.25, -0.2) is 0 Å². The smallest absolute Gasteiger partial charge is 0.160 e. The molecule has 0 aliphatic rings. The van der Waals surface area contributed by atoms with Crippen molar-refractivity contribution in [3.8, 4) is 11.5 Å². The maximum Gasteiger partial charge on any atom is 0.160 e. The van der Waals surface area contributed by atoms with E-state index in [0.717, 1.165) is 29.2 Å². The zero-order valence-electron chi connectivity index (χ0n) is 10.1. The number of hydrogen-bond donors (Lipinski definition) is 0. The highest BCUT2D eigenvalue weighted by Crippen LogP contribution is 2.27. The van der Waals surface area contributed by atoms with Crippen LogP contribution in [0.25, 0.3) is 0 Å². The predicted octanol–water partition coefficient (Wildman–Crippen LogP) is 2.27. The molecule has 16 heavy (non-hydrogen) atoms. The average Bonchev–Trinajstić information content (AvgIpc) is 2.29. The van der Waals surface area contributed by atoms with Crippen molar-refractivity contribution < 1.29 is 14.3 Å². The van der Waals surface area contributed by atoms with Crippen molar-refractivity contribution in [1.82, 2.24) is 0 Å². The number of rotatable bonds is 5. The number of nitrogens with zero attached hydrogens (tertiary/aromatic N) is 1. The molecule has 0 aliphatic carbocycles. The van der Waals surface area contributed by atoms with Gasteiger partial charge < -0.3 is 14.3 Å². The maximum absolute atomic E-state index is 5.22. The fraction of sp³-hybridized carbons (Fsp3) is 0.417. The Labute approximate surface area is 95.8 Å². The summed E-state index contributed by atoms with van der Waals surface area (Å²) in [6.45, 7) is 1.92. The molecule has 0 aliphatic heterocycles. The standard InChI is InChI=1S/C12H17NO3/c1-9(13-16-4)7-10-5-6-11(14-2)12(8-10)15-3/h5-6,8H,7H2,1-4H3. The molecular weight excluding hydrogens is 206 g/mol. The Kier molecular flexibility index (Phi) is 4.64. The van der Waals surface area contributed by atoms with E-state index in [1.165, 1.54) is 7.11 Å². The van der Waals surface area contributed by atoms with Crippen LogP contribution in [0.1, 0.15) is 12.5 Å². The van der Waals surface area contributed by atoms with Crippen molar-refractivity contribution in [2.24, 2.45) is 5.16 Å². The minimum Gasteiger partial charge on any atom is -0.493 e. The van der Waals surface area contributed by atoms with E-state index in [9.17, 15) is 0 Å². The number of benzene rings is 1. The third-order valence-corrected chi connectivity index (χ3v) is 2.16. The molecule has 0 radical (unpaired) electrons. The molecule has 0 bridgehead atoms. The monoisotopic (exact) mass is 223 g/mol. The topological polar surface area (TPSA) is 40.0 Å². The summed E-state index contributed by atoms with van der Waals surface area (Å²) in [7, 11) is 4.78. The molecular formula is C12H17NO3. The SMILES string of the molecule is CON=C(C)Cc1ccc(OC)c(OC)c1. The third-order valence-electron chi connectivity index (χ3n) is 2.16. The lowest BCUT2D eigenvalue weighted by Gasteiger charge is -2.09. The molecule has 88 valence electrons. The molecule has 0 atom stereocenters. The van der Waals surface area contributed by atoms with Gasteiger partial charge in [-0.3, -0.25) is 0 Å². The van der Waals surface area contributed by atoms with Crippen LogP contribution >= 0.6 is 0 Å². The van der Waals surface area contributed by atoms with Gasteiger partial charge in [-0.05, 0) is 24.6 Å². The first kappa shape index (κ1) is 12.4. The fourth-order valence-electron chi connectivity index (χ4n) is 1.47. The molecule has 0 aromatic heterocycles. The Balaban J connectivity index is 2.87. The minimum atomic E-state index is 0.727. The lowest BCUT2D eigenvalue weighted by atomic mass is 10.1. The Morgan fingerprint density at radius 1 is 1.12 bits per heavy atom. The molecule has 0 heterocycles. The molecule has 0 unspecified atom stereocenters. The van der Waals surface area contributed by atoms with Crippen LogP contribution in [-0.2, 0) is 11.3 Å². The van der Waals surface area contributed by atoms with Crippen molar-refractivity contribution in [2.45, 2.75) is 13.3 Å². The first-order chi connectivity index (χ1) is 7.71. The Hall–Kier alpha value is -1.71. The van der Waals surface area contributed by atoms with E-state index in [-0.39, 0.29) is 0 Å². The Morgan fingerprint density at radius 3 is 2.38 bits per heavy atom. The van der Waals surface area contributed by atoms with E-state index in [1.807, 2.05) is 25.1 Å². The average molecular weight is 223 g/mol. The summed E-state index contributed by atoms with van der Waals surface area (Å²) in [5, 5.41) is 3.86. The van der Waals surface area contributed by atoms with Gasteiger partial charge in [0, 0.05) is 6.42 Å². The second-order valence-corrected chi connectivity index (χ2v) is 3.38. The normalized spacial score (nSPS) is 11.1. The Bertz CT molecular complexity index is 375. The third kappa shape index (κ3) is 3.15. The first-order valence-corrected chi connectivity index (χ1v) is 4.98. The second-order valence-electron chi connectivity index (χ2n) is 3.38. The zero-order valence-corrected chi connectivity index (χ0v) is 10.1. The lowest BCUT2D eigenvalue weighted by Crippen LogP contribution is -1.99. The summed E-state index contributed by atoms with van der Waals surface area (Å²) in [5.74, 6) is 1.46. The van der Waals surface area contributed by atoms with Crippen LogP contribution in [0.2, 0.25) is 0 Å². The number of oxime groups is 1. The van der Waals surface area contributed by atoms with Crippen molar-refractivity contribution in [1.29, 1.82) is 0 Å².